The lowest BCUT2D eigenvalue weighted by Gasteiger charge is -1.87. The van der Waals surface area contributed by atoms with Gasteiger partial charge >= 0.3 is 20.2 Å². The van der Waals surface area contributed by atoms with Gasteiger partial charge in [-0.05, 0) is 0 Å². The van der Waals surface area contributed by atoms with E-state index in [4.69, 9.17) is 9.11 Å². The molecule has 1 rings (SSSR count). The average molecular weight is 245 g/mol. The molecule has 0 saturated heterocycles. The molecule has 0 saturated carbocycles. The largest absolute Gasteiger partial charge is 0.322 e. The maximum Gasteiger partial charge on any atom is 0.322 e. The number of rotatable bonds is 2. The Morgan fingerprint density at radius 2 is 1.69 bits per heavy atom. The maximum absolute atomic E-state index is 10.4. The molecule has 7 nitrogen and oxygen atoms in total. The predicted molar refractivity (Wildman–Crippen MR) is 41.7 cm³/mol. The van der Waals surface area contributed by atoms with Gasteiger partial charge in [-0.2, -0.15) is 16.8 Å². The van der Waals surface area contributed by atoms with Crippen LogP contribution >= 0.6 is 11.3 Å². The first kappa shape index (κ1) is 10.5. The maximum atomic E-state index is 10.4. The van der Waals surface area contributed by atoms with Crippen LogP contribution in [0.3, 0.4) is 0 Å². The van der Waals surface area contributed by atoms with Crippen LogP contribution in [0, 0.1) is 0 Å². The normalized spacial score (nSPS) is 13.1. The molecule has 0 unspecified atom stereocenters. The first-order valence-electron chi connectivity index (χ1n) is 2.62. The van der Waals surface area contributed by atoms with Crippen molar-refractivity contribution in [3.63, 3.8) is 0 Å². The Morgan fingerprint density at radius 3 is 1.92 bits per heavy atom. The summed E-state index contributed by atoms with van der Waals surface area (Å²) in [4.78, 5) is 3.00. The Labute approximate surface area is 77.5 Å². The van der Waals surface area contributed by atoms with E-state index in [1.165, 1.54) is 0 Å². The number of hydrogen-bond acceptors (Lipinski definition) is 6. The first-order chi connectivity index (χ1) is 5.71. The van der Waals surface area contributed by atoms with Gasteiger partial charge in [-0.1, -0.05) is 0 Å². The second kappa shape index (κ2) is 2.99. The van der Waals surface area contributed by atoms with Crippen LogP contribution in [0.1, 0.15) is 0 Å². The van der Waals surface area contributed by atoms with Crippen LogP contribution in [-0.4, -0.2) is 30.9 Å². The summed E-state index contributed by atoms with van der Waals surface area (Å²) >= 11 is 0.395. The van der Waals surface area contributed by atoms with Crippen molar-refractivity contribution in [1.29, 1.82) is 0 Å². The Kier molecular flexibility index (Phi) is 2.42. The third-order valence-corrected chi connectivity index (χ3v) is 3.92. The molecule has 0 atom stereocenters. The van der Waals surface area contributed by atoms with E-state index >= 15 is 0 Å². The Hall–Kier alpha value is -0.550. The standard InChI is InChI=1S/C3H3NO6S3/c5-12(6,7)2-1-11-3(4-2)13(8,9)10/h1H,(H,5,6,7)(H,8,9,10). The molecule has 0 amide bonds. The Bertz CT molecular complexity index is 463. The molecule has 0 aromatic carbocycles. The van der Waals surface area contributed by atoms with Gasteiger partial charge in [0.15, 0.2) is 5.03 Å². The molecule has 0 aliphatic rings. The first-order valence-corrected chi connectivity index (χ1v) is 6.38. The van der Waals surface area contributed by atoms with Crippen molar-refractivity contribution >= 4 is 31.6 Å². The Balaban J connectivity index is 3.32. The van der Waals surface area contributed by atoms with E-state index in [1.807, 2.05) is 0 Å². The van der Waals surface area contributed by atoms with Crippen LogP contribution in [0.5, 0.6) is 0 Å². The zero-order valence-corrected chi connectivity index (χ0v) is 8.23. The van der Waals surface area contributed by atoms with Gasteiger partial charge in [0.05, 0.1) is 0 Å². The summed E-state index contributed by atoms with van der Waals surface area (Å²) in [5.41, 5.74) is 0. The fraction of sp³-hybridized carbons (Fsp3) is 0. The summed E-state index contributed by atoms with van der Waals surface area (Å²) < 4.78 is 57.6. The fourth-order valence-electron chi connectivity index (χ4n) is 0.480. The minimum atomic E-state index is -4.52. The molecule has 13 heavy (non-hydrogen) atoms. The lowest BCUT2D eigenvalue weighted by atomic mass is 11.0. The number of hydrogen-bond donors (Lipinski definition) is 2. The van der Waals surface area contributed by atoms with E-state index in [9.17, 15) is 16.8 Å². The SMILES string of the molecule is O=S(=O)(O)c1csc(S(=O)(=O)O)n1. The van der Waals surface area contributed by atoms with E-state index in [2.05, 4.69) is 4.98 Å². The monoisotopic (exact) mass is 245 g/mol. The number of nitrogens with zero attached hydrogens (tertiary/aromatic N) is 1. The molecule has 10 heteroatoms. The van der Waals surface area contributed by atoms with Gasteiger partial charge in [-0.15, -0.1) is 11.3 Å². The highest BCUT2D eigenvalue weighted by atomic mass is 32.3. The lowest BCUT2D eigenvalue weighted by Crippen LogP contribution is -2.01. The molecule has 1 aromatic rings. The summed E-state index contributed by atoms with van der Waals surface area (Å²) in [5, 5.41) is 0.00319. The van der Waals surface area contributed by atoms with Gasteiger partial charge in [-0.3, -0.25) is 9.11 Å². The van der Waals surface area contributed by atoms with Crippen molar-refractivity contribution in [1.82, 2.24) is 4.98 Å². The third-order valence-electron chi connectivity index (χ3n) is 0.947. The molecule has 74 valence electrons. The van der Waals surface area contributed by atoms with Crippen molar-refractivity contribution in [2.75, 3.05) is 0 Å². The highest BCUT2D eigenvalue weighted by Crippen LogP contribution is 2.18. The van der Waals surface area contributed by atoms with Crippen molar-refractivity contribution < 1.29 is 25.9 Å². The predicted octanol–water partition coefficient (Wildman–Crippen LogP) is -0.363. The summed E-state index contributed by atoms with van der Waals surface area (Å²) in [6.07, 6.45) is 0. The quantitative estimate of drug-likeness (QED) is 0.682. The van der Waals surface area contributed by atoms with Gasteiger partial charge in [0, 0.05) is 5.38 Å². The molecule has 0 fully saturated rings. The van der Waals surface area contributed by atoms with Gasteiger partial charge in [0.1, 0.15) is 0 Å². The zero-order valence-electron chi connectivity index (χ0n) is 5.78. The number of thiazole rings is 1. The van der Waals surface area contributed by atoms with E-state index in [-0.39, 0.29) is 0 Å². The molecule has 2 N–H and O–H groups in total. The molecule has 0 aliphatic heterocycles. The molecule has 1 heterocycles. The Morgan fingerprint density at radius 1 is 1.15 bits per heavy atom. The minimum absolute atomic E-state index is 0.395. The van der Waals surface area contributed by atoms with Crippen LogP contribution in [0.15, 0.2) is 14.7 Å². The third kappa shape index (κ3) is 2.45. The molecule has 0 aliphatic carbocycles. The summed E-state index contributed by atoms with van der Waals surface area (Å²) in [5.74, 6) is 0. The molecular formula is C3H3NO6S3. The highest BCUT2D eigenvalue weighted by molar-refractivity contribution is 7.88. The summed E-state index contributed by atoms with van der Waals surface area (Å²) in [7, 11) is -9.03. The molecule has 1 aromatic heterocycles. The van der Waals surface area contributed by atoms with E-state index in [0.717, 1.165) is 5.38 Å². The topological polar surface area (TPSA) is 122 Å². The van der Waals surface area contributed by atoms with Crippen LogP contribution in [0.25, 0.3) is 0 Å². The lowest BCUT2D eigenvalue weighted by molar-refractivity contribution is 0.476. The van der Waals surface area contributed by atoms with Crippen LogP contribution in [0.2, 0.25) is 0 Å². The number of aromatic nitrogens is 1. The summed E-state index contributed by atoms with van der Waals surface area (Å²) in [6, 6.07) is 0. The van der Waals surface area contributed by atoms with E-state index in [1.54, 1.807) is 0 Å². The minimum Gasteiger partial charge on any atom is -0.281 e. The second-order valence-electron chi connectivity index (χ2n) is 1.90. The van der Waals surface area contributed by atoms with E-state index in [0.29, 0.717) is 11.3 Å². The molecular weight excluding hydrogens is 242 g/mol. The van der Waals surface area contributed by atoms with Crippen molar-refractivity contribution in [2.45, 2.75) is 9.37 Å². The summed E-state index contributed by atoms with van der Waals surface area (Å²) in [6.45, 7) is 0. The molecule has 0 bridgehead atoms. The van der Waals surface area contributed by atoms with Crippen LogP contribution in [-0.2, 0) is 20.2 Å². The highest BCUT2D eigenvalue weighted by Gasteiger charge is 2.20. The molecule has 0 radical (unpaired) electrons. The van der Waals surface area contributed by atoms with Gasteiger partial charge in [0.25, 0.3) is 0 Å². The van der Waals surface area contributed by atoms with Crippen molar-refractivity contribution in [3.05, 3.63) is 5.38 Å². The van der Waals surface area contributed by atoms with E-state index < -0.39 is 29.6 Å². The average Bonchev–Trinajstić information content (AvgIpc) is 2.28. The van der Waals surface area contributed by atoms with Crippen LogP contribution in [0.4, 0.5) is 0 Å². The fourth-order valence-corrected chi connectivity index (χ4v) is 2.68. The van der Waals surface area contributed by atoms with Crippen LogP contribution < -0.4 is 0 Å². The smallest absolute Gasteiger partial charge is 0.281 e. The molecule has 0 spiro atoms. The second-order valence-corrected chi connectivity index (χ2v) is 5.72. The van der Waals surface area contributed by atoms with Gasteiger partial charge in [-0.25, -0.2) is 4.98 Å². The van der Waals surface area contributed by atoms with Crippen molar-refractivity contribution in [3.8, 4) is 0 Å². The van der Waals surface area contributed by atoms with Gasteiger partial charge < -0.3 is 0 Å². The van der Waals surface area contributed by atoms with Crippen molar-refractivity contribution in [2.24, 2.45) is 0 Å². The van der Waals surface area contributed by atoms with Gasteiger partial charge in [0.2, 0.25) is 4.34 Å². The zero-order chi connectivity index (χ0) is 10.3.